The molecule has 0 atom stereocenters. The highest BCUT2D eigenvalue weighted by molar-refractivity contribution is 5.41. The van der Waals surface area contributed by atoms with Crippen LogP contribution in [0.1, 0.15) is 19.3 Å². The third kappa shape index (κ3) is 2.80. The van der Waals surface area contributed by atoms with Gasteiger partial charge in [0.15, 0.2) is 11.6 Å². The molecule has 7 heteroatoms. The largest absolute Gasteiger partial charge is 0.396 e. The van der Waals surface area contributed by atoms with E-state index < -0.39 is 5.82 Å². The fraction of sp³-hybridized carbons (Fsp3) is 0.600. The summed E-state index contributed by atoms with van der Waals surface area (Å²) in [6.07, 6.45) is 3.90. The van der Waals surface area contributed by atoms with Gasteiger partial charge in [0.25, 0.3) is 0 Å². The molecule has 5 N–H and O–H groups in total. The number of nitrogens with two attached hydrogens (primary N) is 1. The third-order valence-corrected chi connectivity index (χ3v) is 3.10. The average Bonchev–Trinajstić information content (AvgIpc) is 3.09. The standard InChI is InChI=1S/C10H16FN5O/c11-7-5-13-9(16-12)15-8(7)14-6-10(1-2-10)3-4-17/h5,17H,1-4,6,12H2,(H2,13,14,15,16). The highest BCUT2D eigenvalue weighted by Crippen LogP contribution is 2.48. The summed E-state index contributed by atoms with van der Waals surface area (Å²) in [7, 11) is 0. The Morgan fingerprint density at radius 1 is 1.53 bits per heavy atom. The molecule has 17 heavy (non-hydrogen) atoms. The minimum Gasteiger partial charge on any atom is -0.396 e. The number of aliphatic hydroxyl groups excluding tert-OH is 1. The van der Waals surface area contributed by atoms with Crippen LogP contribution in [-0.4, -0.2) is 28.2 Å². The number of hydrogen-bond acceptors (Lipinski definition) is 6. The molecule has 0 bridgehead atoms. The van der Waals surface area contributed by atoms with Crippen LogP contribution in [0.3, 0.4) is 0 Å². The predicted octanol–water partition coefficient (Wildman–Crippen LogP) is 0.476. The van der Waals surface area contributed by atoms with Crippen LogP contribution >= 0.6 is 0 Å². The molecule has 94 valence electrons. The lowest BCUT2D eigenvalue weighted by Gasteiger charge is -2.15. The van der Waals surface area contributed by atoms with Gasteiger partial charge in [-0.2, -0.15) is 4.98 Å². The van der Waals surface area contributed by atoms with Crippen LogP contribution in [0.4, 0.5) is 16.2 Å². The van der Waals surface area contributed by atoms with Crippen molar-refractivity contribution in [3.63, 3.8) is 0 Å². The monoisotopic (exact) mass is 241 g/mol. The third-order valence-electron chi connectivity index (χ3n) is 3.10. The molecule has 0 aromatic carbocycles. The zero-order valence-electron chi connectivity index (χ0n) is 9.41. The molecule has 6 nitrogen and oxygen atoms in total. The molecule has 1 heterocycles. The van der Waals surface area contributed by atoms with Crippen LogP contribution in [0.15, 0.2) is 6.20 Å². The van der Waals surface area contributed by atoms with Crippen molar-refractivity contribution in [1.82, 2.24) is 9.97 Å². The molecule has 0 aliphatic heterocycles. The molecule has 1 fully saturated rings. The normalized spacial score (nSPS) is 16.6. The minimum atomic E-state index is -0.510. The van der Waals surface area contributed by atoms with Crippen molar-refractivity contribution in [2.75, 3.05) is 23.9 Å². The minimum absolute atomic E-state index is 0.0996. The second-order valence-corrected chi connectivity index (χ2v) is 4.36. The Morgan fingerprint density at radius 2 is 2.29 bits per heavy atom. The molecule has 1 aliphatic rings. The number of aromatic nitrogens is 2. The summed E-state index contributed by atoms with van der Waals surface area (Å²) in [5, 5.41) is 11.9. The van der Waals surface area contributed by atoms with E-state index in [0.717, 1.165) is 25.5 Å². The van der Waals surface area contributed by atoms with Gasteiger partial charge in [0.05, 0.1) is 6.20 Å². The highest BCUT2D eigenvalue weighted by Gasteiger charge is 2.41. The van der Waals surface area contributed by atoms with E-state index in [0.29, 0.717) is 6.54 Å². The van der Waals surface area contributed by atoms with E-state index in [2.05, 4.69) is 20.7 Å². The van der Waals surface area contributed by atoms with Crippen molar-refractivity contribution in [2.45, 2.75) is 19.3 Å². The predicted molar refractivity (Wildman–Crippen MR) is 61.7 cm³/mol. The van der Waals surface area contributed by atoms with Gasteiger partial charge in [-0.3, -0.25) is 5.43 Å². The Bertz CT molecular complexity index is 396. The van der Waals surface area contributed by atoms with Crippen LogP contribution < -0.4 is 16.6 Å². The quantitative estimate of drug-likeness (QED) is 0.427. The Hall–Kier alpha value is -1.47. The number of halogens is 1. The van der Waals surface area contributed by atoms with Crippen LogP contribution in [-0.2, 0) is 0 Å². The number of anilines is 2. The van der Waals surface area contributed by atoms with Crippen molar-refractivity contribution in [3.8, 4) is 0 Å². The molecular weight excluding hydrogens is 225 g/mol. The van der Waals surface area contributed by atoms with E-state index in [-0.39, 0.29) is 23.8 Å². The van der Waals surface area contributed by atoms with Gasteiger partial charge in [-0.1, -0.05) is 0 Å². The topological polar surface area (TPSA) is 96.1 Å². The summed E-state index contributed by atoms with van der Waals surface area (Å²) in [5.41, 5.74) is 2.36. The first-order valence-electron chi connectivity index (χ1n) is 5.53. The smallest absolute Gasteiger partial charge is 0.239 e. The number of hydrogen-bond donors (Lipinski definition) is 4. The molecule has 1 saturated carbocycles. The fourth-order valence-corrected chi connectivity index (χ4v) is 1.76. The van der Waals surface area contributed by atoms with Gasteiger partial charge in [0.1, 0.15) is 0 Å². The summed E-state index contributed by atoms with van der Waals surface area (Å²) in [4.78, 5) is 7.54. The molecule has 0 radical (unpaired) electrons. The lowest BCUT2D eigenvalue weighted by Crippen LogP contribution is -2.19. The summed E-state index contributed by atoms with van der Waals surface area (Å²) in [5.74, 6) is 4.95. The van der Waals surface area contributed by atoms with E-state index in [4.69, 9.17) is 10.9 Å². The zero-order chi connectivity index (χ0) is 12.3. The average molecular weight is 241 g/mol. The molecule has 0 amide bonds. The van der Waals surface area contributed by atoms with E-state index in [1.54, 1.807) is 0 Å². The number of hydrazine groups is 1. The van der Waals surface area contributed by atoms with Crippen LogP contribution in [0.2, 0.25) is 0 Å². The van der Waals surface area contributed by atoms with Gasteiger partial charge in [-0.25, -0.2) is 15.2 Å². The van der Waals surface area contributed by atoms with Gasteiger partial charge < -0.3 is 10.4 Å². The lowest BCUT2D eigenvalue weighted by molar-refractivity contribution is 0.253. The van der Waals surface area contributed by atoms with Crippen molar-refractivity contribution in [1.29, 1.82) is 0 Å². The molecule has 0 unspecified atom stereocenters. The number of nitrogens with zero attached hydrogens (tertiary/aromatic N) is 2. The van der Waals surface area contributed by atoms with E-state index in [1.165, 1.54) is 0 Å². The fourth-order valence-electron chi connectivity index (χ4n) is 1.76. The van der Waals surface area contributed by atoms with Gasteiger partial charge in [0, 0.05) is 13.2 Å². The number of rotatable bonds is 6. The van der Waals surface area contributed by atoms with Gasteiger partial charge >= 0.3 is 0 Å². The Kier molecular flexibility index (Phi) is 3.39. The molecule has 0 spiro atoms. The maximum Gasteiger partial charge on any atom is 0.239 e. The van der Waals surface area contributed by atoms with Gasteiger partial charge in [-0.05, 0) is 24.7 Å². The first kappa shape index (κ1) is 12.0. The number of nitrogens with one attached hydrogen (secondary N) is 2. The van der Waals surface area contributed by atoms with E-state index in [9.17, 15) is 4.39 Å². The Labute approximate surface area is 98.4 Å². The molecule has 1 aliphatic carbocycles. The van der Waals surface area contributed by atoms with Crippen molar-refractivity contribution >= 4 is 11.8 Å². The SMILES string of the molecule is NNc1ncc(F)c(NCC2(CCO)CC2)n1. The number of aliphatic hydroxyl groups is 1. The maximum absolute atomic E-state index is 13.4. The highest BCUT2D eigenvalue weighted by atomic mass is 19.1. The van der Waals surface area contributed by atoms with Crippen molar-refractivity contribution < 1.29 is 9.50 Å². The molecule has 2 rings (SSSR count). The molecule has 0 saturated heterocycles. The summed E-state index contributed by atoms with van der Waals surface area (Å²) in [6.45, 7) is 0.759. The Morgan fingerprint density at radius 3 is 2.88 bits per heavy atom. The Balaban J connectivity index is 1.98. The molecule has 1 aromatic rings. The summed E-state index contributed by atoms with van der Waals surface area (Å²) < 4.78 is 13.4. The second-order valence-electron chi connectivity index (χ2n) is 4.36. The second kappa shape index (κ2) is 4.80. The van der Waals surface area contributed by atoms with E-state index in [1.807, 2.05) is 0 Å². The summed E-state index contributed by atoms with van der Waals surface area (Å²) in [6, 6.07) is 0. The number of nitrogen functional groups attached to an aromatic ring is 1. The van der Waals surface area contributed by atoms with Gasteiger partial charge in [0.2, 0.25) is 5.95 Å². The van der Waals surface area contributed by atoms with Crippen molar-refractivity contribution in [2.24, 2.45) is 11.3 Å². The first-order chi connectivity index (χ1) is 8.19. The summed E-state index contributed by atoms with van der Waals surface area (Å²) >= 11 is 0. The maximum atomic E-state index is 13.4. The van der Waals surface area contributed by atoms with Crippen LogP contribution in [0.5, 0.6) is 0 Å². The lowest BCUT2D eigenvalue weighted by atomic mass is 10.0. The van der Waals surface area contributed by atoms with Gasteiger partial charge in [-0.15, -0.1) is 0 Å². The van der Waals surface area contributed by atoms with E-state index >= 15 is 0 Å². The molecule has 1 aromatic heterocycles. The zero-order valence-corrected chi connectivity index (χ0v) is 9.41. The van der Waals surface area contributed by atoms with Crippen molar-refractivity contribution in [3.05, 3.63) is 12.0 Å². The first-order valence-corrected chi connectivity index (χ1v) is 5.53. The molecular formula is C10H16FN5O. The van der Waals surface area contributed by atoms with Crippen LogP contribution in [0.25, 0.3) is 0 Å². The van der Waals surface area contributed by atoms with Crippen LogP contribution in [0, 0.1) is 11.2 Å².